The second kappa shape index (κ2) is 8.03. The third-order valence-corrected chi connectivity index (χ3v) is 2.63. The fourth-order valence-electron chi connectivity index (χ4n) is 1.65. The van der Waals surface area contributed by atoms with Gasteiger partial charge in [0.2, 0.25) is 0 Å². The number of nitrogens with zero attached hydrogens (tertiary/aromatic N) is 1. The molecule has 0 unspecified atom stereocenters. The van der Waals surface area contributed by atoms with E-state index in [4.69, 9.17) is 5.73 Å². The van der Waals surface area contributed by atoms with Gasteiger partial charge in [0.05, 0.1) is 4.92 Å². The first kappa shape index (κ1) is 15.9. The molecule has 1 rings (SSSR count). The van der Waals surface area contributed by atoms with Crippen molar-refractivity contribution in [3.63, 3.8) is 0 Å². The van der Waals surface area contributed by atoms with Crippen LogP contribution in [0.2, 0.25) is 0 Å². The van der Waals surface area contributed by atoms with Crippen LogP contribution in [0, 0.1) is 10.1 Å². The summed E-state index contributed by atoms with van der Waals surface area (Å²) in [6.45, 7) is 2.14. The predicted molar refractivity (Wildman–Crippen MR) is 71.4 cm³/mol. The Kier molecular flexibility index (Phi) is 7.50. The highest BCUT2D eigenvalue weighted by molar-refractivity contribution is 5.85. The highest BCUT2D eigenvalue weighted by atomic mass is 35.5. The van der Waals surface area contributed by atoms with E-state index in [0.29, 0.717) is 0 Å². The van der Waals surface area contributed by atoms with Gasteiger partial charge in [-0.25, -0.2) is 0 Å². The van der Waals surface area contributed by atoms with E-state index in [1.807, 2.05) is 6.07 Å². The molecule has 0 heterocycles. The van der Waals surface area contributed by atoms with Gasteiger partial charge in [-0.05, 0) is 12.0 Å². The number of nitro groups is 1. The van der Waals surface area contributed by atoms with Crippen molar-refractivity contribution in [2.45, 2.75) is 38.6 Å². The molecule has 17 heavy (non-hydrogen) atoms. The van der Waals surface area contributed by atoms with E-state index in [1.54, 1.807) is 12.1 Å². The predicted octanol–water partition coefficient (Wildman–Crippen LogP) is 3.60. The summed E-state index contributed by atoms with van der Waals surface area (Å²) < 4.78 is 0. The molecule has 96 valence electrons. The molecule has 1 aromatic carbocycles. The Labute approximate surface area is 108 Å². The highest BCUT2D eigenvalue weighted by Gasteiger charge is 2.10. The minimum atomic E-state index is -0.387. The monoisotopic (exact) mass is 258 g/mol. The first-order chi connectivity index (χ1) is 7.65. The molecule has 4 nitrogen and oxygen atoms in total. The molecule has 1 aromatic rings. The summed E-state index contributed by atoms with van der Waals surface area (Å²) in [5.41, 5.74) is 6.95. The molecule has 5 heteroatoms. The van der Waals surface area contributed by atoms with E-state index in [-0.39, 0.29) is 29.1 Å². The lowest BCUT2D eigenvalue weighted by Gasteiger charge is -2.11. The summed E-state index contributed by atoms with van der Waals surface area (Å²) in [5, 5.41) is 10.6. The maximum Gasteiger partial charge on any atom is 0.269 e. The minimum Gasteiger partial charge on any atom is -0.324 e. The van der Waals surface area contributed by atoms with Crippen LogP contribution in [0.4, 0.5) is 5.69 Å². The fourth-order valence-corrected chi connectivity index (χ4v) is 1.65. The summed E-state index contributed by atoms with van der Waals surface area (Å²) in [6, 6.07) is 6.50. The molecular formula is C12H19ClN2O2. The van der Waals surface area contributed by atoms with Crippen molar-refractivity contribution in [3.05, 3.63) is 39.9 Å². The number of rotatable bonds is 6. The number of non-ortho nitro benzene ring substituents is 1. The van der Waals surface area contributed by atoms with Crippen molar-refractivity contribution in [1.29, 1.82) is 0 Å². The minimum absolute atomic E-state index is 0. The van der Waals surface area contributed by atoms with Crippen molar-refractivity contribution in [2.24, 2.45) is 5.73 Å². The van der Waals surface area contributed by atoms with E-state index >= 15 is 0 Å². The van der Waals surface area contributed by atoms with Crippen LogP contribution >= 0.6 is 12.4 Å². The SMILES string of the molecule is CCCCC[C@H](N)c1cccc([N+](=O)[O-])c1.Cl. The van der Waals surface area contributed by atoms with Gasteiger partial charge in [0.25, 0.3) is 5.69 Å². The summed E-state index contributed by atoms with van der Waals surface area (Å²) in [5.74, 6) is 0. The Morgan fingerprint density at radius 2 is 2.12 bits per heavy atom. The van der Waals surface area contributed by atoms with Gasteiger partial charge in [-0.2, -0.15) is 0 Å². The molecule has 0 aliphatic carbocycles. The molecule has 0 bridgehead atoms. The van der Waals surface area contributed by atoms with Gasteiger partial charge >= 0.3 is 0 Å². The lowest BCUT2D eigenvalue weighted by molar-refractivity contribution is -0.384. The molecular weight excluding hydrogens is 240 g/mol. The van der Waals surface area contributed by atoms with Crippen LogP contribution in [0.5, 0.6) is 0 Å². The Balaban J connectivity index is 0.00000256. The summed E-state index contributed by atoms with van der Waals surface area (Å²) in [7, 11) is 0. The summed E-state index contributed by atoms with van der Waals surface area (Å²) in [6.07, 6.45) is 4.26. The van der Waals surface area contributed by atoms with Gasteiger partial charge in [-0.3, -0.25) is 10.1 Å². The van der Waals surface area contributed by atoms with E-state index < -0.39 is 0 Å². The zero-order chi connectivity index (χ0) is 12.0. The quantitative estimate of drug-likeness (QED) is 0.482. The first-order valence-corrected chi connectivity index (χ1v) is 5.65. The lowest BCUT2D eigenvalue weighted by atomic mass is 10.0. The lowest BCUT2D eigenvalue weighted by Crippen LogP contribution is -2.10. The number of unbranched alkanes of at least 4 members (excludes halogenated alkanes) is 2. The molecule has 0 aliphatic heterocycles. The van der Waals surface area contributed by atoms with Crippen LogP contribution < -0.4 is 5.73 Å². The Morgan fingerprint density at radius 3 is 2.71 bits per heavy atom. The highest BCUT2D eigenvalue weighted by Crippen LogP contribution is 2.21. The van der Waals surface area contributed by atoms with Crippen LogP contribution in [0.15, 0.2) is 24.3 Å². The number of nitrogens with two attached hydrogens (primary N) is 1. The maximum absolute atomic E-state index is 10.6. The molecule has 0 radical (unpaired) electrons. The third kappa shape index (κ3) is 5.15. The van der Waals surface area contributed by atoms with Crippen molar-refractivity contribution in [1.82, 2.24) is 0 Å². The maximum atomic E-state index is 10.6. The number of benzene rings is 1. The van der Waals surface area contributed by atoms with Gasteiger partial charge in [0.1, 0.15) is 0 Å². The summed E-state index contributed by atoms with van der Waals surface area (Å²) >= 11 is 0. The number of halogens is 1. The van der Waals surface area contributed by atoms with Crippen molar-refractivity contribution >= 4 is 18.1 Å². The second-order valence-electron chi connectivity index (χ2n) is 3.95. The van der Waals surface area contributed by atoms with Gasteiger partial charge in [-0.1, -0.05) is 38.3 Å². The third-order valence-electron chi connectivity index (χ3n) is 2.63. The molecule has 2 N–H and O–H groups in total. The average molecular weight is 259 g/mol. The van der Waals surface area contributed by atoms with E-state index in [0.717, 1.165) is 31.2 Å². The Morgan fingerprint density at radius 1 is 1.41 bits per heavy atom. The van der Waals surface area contributed by atoms with Gasteiger partial charge < -0.3 is 5.73 Å². The second-order valence-corrected chi connectivity index (χ2v) is 3.95. The standard InChI is InChI=1S/C12H18N2O2.ClH/c1-2-3-4-8-12(13)10-6-5-7-11(9-10)14(15)16;/h5-7,9,12H,2-4,8,13H2,1H3;1H/t12-;/m0./s1. The Bertz CT molecular complexity index is 358. The summed E-state index contributed by atoms with van der Waals surface area (Å²) in [4.78, 5) is 10.2. The average Bonchev–Trinajstić information content (AvgIpc) is 2.29. The first-order valence-electron chi connectivity index (χ1n) is 5.65. The van der Waals surface area contributed by atoms with Gasteiger partial charge in [0, 0.05) is 18.2 Å². The molecule has 0 saturated heterocycles. The number of hydrogen-bond donors (Lipinski definition) is 1. The van der Waals surface area contributed by atoms with Crippen molar-refractivity contribution in [3.8, 4) is 0 Å². The molecule has 0 amide bonds. The number of hydrogen-bond acceptors (Lipinski definition) is 3. The van der Waals surface area contributed by atoms with E-state index in [9.17, 15) is 10.1 Å². The molecule has 1 atom stereocenters. The van der Waals surface area contributed by atoms with Crippen LogP contribution in [-0.2, 0) is 0 Å². The zero-order valence-electron chi connectivity index (χ0n) is 9.96. The molecule has 0 saturated carbocycles. The van der Waals surface area contributed by atoms with Crippen LogP contribution in [0.25, 0.3) is 0 Å². The van der Waals surface area contributed by atoms with Gasteiger partial charge in [-0.15, -0.1) is 12.4 Å². The molecule has 0 fully saturated rings. The fraction of sp³-hybridized carbons (Fsp3) is 0.500. The molecule has 0 aliphatic rings. The normalized spacial score (nSPS) is 11.6. The van der Waals surface area contributed by atoms with E-state index in [2.05, 4.69) is 6.92 Å². The number of nitro benzene ring substituents is 1. The topological polar surface area (TPSA) is 69.2 Å². The van der Waals surface area contributed by atoms with Gasteiger partial charge in [0.15, 0.2) is 0 Å². The van der Waals surface area contributed by atoms with Crippen molar-refractivity contribution < 1.29 is 4.92 Å². The van der Waals surface area contributed by atoms with E-state index in [1.165, 1.54) is 6.07 Å². The van der Waals surface area contributed by atoms with Crippen LogP contribution in [-0.4, -0.2) is 4.92 Å². The zero-order valence-corrected chi connectivity index (χ0v) is 10.8. The smallest absolute Gasteiger partial charge is 0.269 e. The molecule has 0 aromatic heterocycles. The van der Waals surface area contributed by atoms with Crippen LogP contribution in [0.1, 0.15) is 44.2 Å². The largest absolute Gasteiger partial charge is 0.324 e. The van der Waals surface area contributed by atoms with Crippen molar-refractivity contribution in [2.75, 3.05) is 0 Å². The molecule has 0 spiro atoms. The van der Waals surface area contributed by atoms with Crippen LogP contribution in [0.3, 0.4) is 0 Å². The Hall–Kier alpha value is -1.13.